The second-order valence-electron chi connectivity index (χ2n) is 14.0. The molecule has 2 fully saturated rings. The Kier molecular flexibility index (Phi) is 12.4. The molecule has 0 spiro atoms. The third-order valence-corrected chi connectivity index (χ3v) is 9.82. The van der Waals surface area contributed by atoms with Crippen LogP contribution in [0.5, 0.6) is 0 Å². The third-order valence-electron chi connectivity index (χ3n) is 9.13. The number of carbonyl (C=O) groups is 5. The molecule has 14 heteroatoms. The first-order valence-corrected chi connectivity index (χ1v) is 17.5. The topological polar surface area (TPSA) is 183 Å². The van der Waals surface area contributed by atoms with Gasteiger partial charge in [-0.2, -0.15) is 0 Å². The number of likely N-dealkylation sites (N-methyl/N-ethyl adjacent to an activating group) is 1. The van der Waals surface area contributed by atoms with Gasteiger partial charge in [-0.05, 0) is 41.9 Å². The van der Waals surface area contributed by atoms with E-state index in [0.717, 1.165) is 6.26 Å². The van der Waals surface area contributed by atoms with Gasteiger partial charge < -0.3 is 26.2 Å². The summed E-state index contributed by atoms with van der Waals surface area (Å²) in [6, 6.07) is -4.05. The number of fused-ring (bicyclic) bond motifs is 1. The van der Waals surface area contributed by atoms with Gasteiger partial charge in [-0.1, -0.05) is 68.2 Å². The summed E-state index contributed by atoms with van der Waals surface area (Å²) in [7, 11) is -3.48. The predicted molar refractivity (Wildman–Crippen MR) is 168 cm³/mol. The lowest BCUT2D eigenvalue weighted by atomic mass is 9.85. The van der Waals surface area contributed by atoms with E-state index in [2.05, 4.69) is 26.0 Å². The molecule has 0 aromatic rings. The number of amides is 5. The maximum atomic E-state index is 14.2. The highest BCUT2D eigenvalue weighted by Gasteiger charge is 2.69. The van der Waals surface area contributed by atoms with E-state index in [-0.39, 0.29) is 42.7 Å². The van der Waals surface area contributed by atoms with Crippen LogP contribution in [0.15, 0.2) is 0 Å². The lowest BCUT2D eigenvalue weighted by Gasteiger charge is -2.38. The van der Waals surface area contributed by atoms with E-state index >= 15 is 0 Å². The van der Waals surface area contributed by atoms with Crippen molar-refractivity contribution in [1.29, 1.82) is 0 Å². The number of urea groups is 1. The van der Waals surface area contributed by atoms with Gasteiger partial charge in [0.25, 0.3) is 5.91 Å². The Hall–Kier alpha value is -2.74. The van der Waals surface area contributed by atoms with Crippen LogP contribution in [0.3, 0.4) is 0 Å². The molecule has 1 saturated carbocycles. The third kappa shape index (κ3) is 9.15. The molecule has 2 aliphatic rings. The smallest absolute Gasteiger partial charge is 0.315 e. The van der Waals surface area contributed by atoms with Crippen molar-refractivity contribution >= 4 is 39.6 Å². The Morgan fingerprint density at radius 1 is 1.00 bits per heavy atom. The van der Waals surface area contributed by atoms with E-state index in [9.17, 15) is 32.4 Å². The molecule has 0 aromatic carbocycles. The maximum Gasteiger partial charge on any atom is 0.315 e. The number of Topliss-reactive ketones (excluding diaryl/α,β-unsaturated/α-hetero) is 1. The Labute approximate surface area is 262 Å². The Morgan fingerprint density at radius 3 is 2.11 bits per heavy atom. The van der Waals surface area contributed by atoms with Crippen LogP contribution in [0.4, 0.5) is 4.79 Å². The summed E-state index contributed by atoms with van der Waals surface area (Å²) in [5.41, 5.74) is -0.936. The van der Waals surface area contributed by atoms with Crippen molar-refractivity contribution in [3.8, 4) is 0 Å². The Balaban J connectivity index is 2.30. The summed E-state index contributed by atoms with van der Waals surface area (Å²) in [4.78, 5) is 67.9. The second-order valence-corrected chi connectivity index (χ2v) is 15.8. The Morgan fingerprint density at radius 2 is 1.61 bits per heavy atom. The summed E-state index contributed by atoms with van der Waals surface area (Å²) in [5.74, 6) is -2.53. The van der Waals surface area contributed by atoms with Gasteiger partial charge in [0.2, 0.25) is 27.6 Å². The average molecular weight is 643 g/mol. The molecule has 252 valence electrons. The molecule has 1 aliphatic carbocycles. The fraction of sp³-hybridized carbons (Fsp3) is 0.833. The highest BCUT2D eigenvalue weighted by Crippen LogP contribution is 2.65. The highest BCUT2D eigenvalue weighted by molar-refractivity contribution is 7.88. The minimum atomic E-state index is -3.48. The second kappa shape index (κ2) is 14.6. The van der Waals surface area contributed by atoms with Gasteiger partial charge in [-0.3, -0.25) is 19.2 Å². The number of carbonyl (C=O) groups excluding carboxylic acids is 5. The van der Waals surface area contributed by atoms with Crippen LogP contribution < -0.4 is 26.0 Å². The van der Waals surface area contributed by atoms with E-state index in [1.165, 1.54) is 4.90 Å². The van der Waals surface area contributed by atoms with Gasteiger partial charge in [0.15, 0.2) is 0 Å². The highest BCUT2D eigenvalue weighted by atomic mass is 32.2. The van der Waals surface area contributed by atoms with Gasteiger partial charge in [-0.15, -0.1) is 0 Å². The molecule has 0 aromatic heterocycles. The standard InChI is InChI=1S/C30H54N6O7S/c1-11-14-19(23(37)26(39)31-13-3)33-25(38)22-21-18(30(21,8)9)16-36(22)27(40)24(29(5,6)7)35-28(41)34-20(17(4)12-2)15-32-44(10,42)43/h17-22,24,32H,11-16H2,1-10H3,(H,31,39)(H,33,38)(H2,34,35,41)/t17-,18-,19?,20+,21-,22-,24+/m0/s1. The molecule has 5 N–H and O–H groups in total. The van der Waals surface area contributed by atoms with Gasteiger partial charge >= 0.3 is 6.03 Å². The SMILES string of the molecule is CCCC(NC(=O)[C@@H]1[C@@H]2[C@H](CN1C(=O)[C@@H](NC(=O)N[C@H](CNS(C)(=O)=O)[C@@H](C)CC)C(C)(C)C)C2(C)C)C(=O)C(=O)NCC. The number of sulfonamides is 1. The van der Waals surface area contributed by atoms with E-state index in [0.29, 0.717) is 19.4 Å². The summed E-state index contributed by atoms with van der Waals surface area (Å²) in [6.07, 6.45) is 2.56. The monoisotopic (exact) mass is 642 g/mol. The first kappa shape index (κ1) is 37.4. The first-order valence-electron chi connectivity index (χ1n) is 15.7. The molecule has 13 nitrogen and oxygen atoms in total. The van der Waals surface area contributed by atoms with Crippen molar-refractivity contribution in [2.45, 2.75) is 106 Å². The number of nitrogens with one attached hydrogen (secondary N) is 5. The van der Waals surface area contributed by atoms with E-state index in [4.69, 9.17) is 0 Å². The van der Waals surface area contributed by atoms with E-state index < -0.39 is 69.1 Å². The lowest BCUT2D eigenvalue weighted by molar-refractivity contribution is -0.145. The van der Waals surface area contributed by atoms with Crippen molar-refractivity contribution in [2.75, 3.05) is 25.9 Å². The molecule has 2 rings (SSSR count). The zero-order valence-corrected chi connectivity index (χ0v) is 28.8. The zero-order valence-electron chi connectivity index (χ0n) is 28.0. The van der Waals surface area contributed by atoms with Gasteiger partial charge in [0, 0.05) is 25.7 Å². The van der Waals surface area contributed by atoms with Crippen LogP contribution in [0.2, 0.25) is 0 Å². The Bertz CT molecular complexity index is 1200. The molecule has 5 amide bonds. The number of piperidine rings is 1. The first-order chi connectivity index (χ1) is 20.2. The number of likely N-dealkylation sites (tertiary alicyclic amines) is 1. The number of nitrogens with zero attached hydrogens (tertiary/aromatic N) is 1. The van der Waals surface area contributed by atoms with Crippen molar-refractivity contribution in [3.05, 3.63) is 0 Å². The van der Waals surface area contributed by atoms with E-state index in [1.807, 2.05) is 55.4 Å². The fourth-order valence-corrected chi connectivity index (χ4v) is 6.59. The number of hydrogen-bond acceptors (Lipinski definition) is 7. The summed E-state index contributed by atoms with van der Waals surface area (Å²) < 4.78 is 25.8. The van der Waals surface area contributed by atoms with Crippen molar-refractivity contribution < 1.29 is 32.4 Å². The molecule has 0 bridgehead atoms. The molecular formula is C30H54N6O7S. The minimum absolute atomic E-state index is 0.00384. The number of hydrogen-bond donors (Lipinski definition) is 5. The summed E-state index contributed by atoms with van der Waals surface area (Å²) in [5, 5.41) is 10.9. The van der Waals surface area contributed by atoms with Crippen LogP contribution in [0.1, 0.15) is 81.6 Å². The molecule has 7 atom stereocenters. The van der Waals surface area contributed by atoms with E-state index in [1.54, 1.807) is 6.92 Å². The molecule has 1 aliphatic heterocycles. The largest absolute Gasteiger partial charge is 0.350 e. The molecular weight excluding hydrogens is 588 g/mol. The van der Waals surface area contributed by atoms with Crippen molar-refractivity contribution in [1.82, 2.24) is 30.9 Å². The maximum absolute atomic E-state index is 14.2. The van der Waals surface area contributed by atoms with Crippen LogP contribution >= 0.6 is 0 Å². The average Bonchev–Trinajstić information content (AvgIpc) is 3.22. The lowest BCUT2D eigenvalue weighted by Crippen LogP contribution is -2.62. The van der Waals surface area contributed by atoms with Crippen molar-refractivity contribution in [2.24, 2.45) is 28.6 Å². The number of ketones is 1. The summed E-state index contributed by atoms with van der Waals surface area (Å²) in [6.45, 7) is 17.5. The van der Waals surface area contributed by atoms with Crippen LogP contribution in [-0.4, -0.2) is 92.9 Å². The van der Waals surface area contributed by atoms with Gasteiger partial charge in [0.1, 0.15) is 12.1 Å². The summed E-state index contributed by atoms with van der Waals surface area (Å²) >= 11 is 0. The van der Waals surface area contributed by atoms with Crippen LogP contribution in [0.25, 0.3) is 0 Å². The van der Waals surface area contributed by atoms with Crippen molar-refractivity contribution in [3.63, 3.8) is 0 Å². The molecule has 1 saturated heterocycles. The fourth-order valence-electron chi connectivity index (χ4n) is 6.11. The van der Waals surface area contributed by atoms with Crippen LogP contribution in [-0.2, 0) is 29.2 Å². The van der Waals surface area contributed by atoms with Gasteiger partial charge in [0.05, 0.1) is 12.3 Å². The minimum Gasteiger partial charge on any atom is -0.350 e. The zero-order chi connectivity index (χ0) is 33.8. The molecule has 1 unspecified atom stereocenters. The van der Waals surface area contributed by atoms with Gasteiger partial charge in [-0.25, -0.2) is 17.9 Å². The number of rotatable bonds is 15. The normalized spacial score (nSPS) is 23.4. The molecule has 0 radical (unpaired) electrons. The quantitative estimate of drug-likeness (QED) is 0.166. The molecule has 44 heavy (non-hydrogen) atoms. The molecule has 1 heterocycles. The van der Waals surface area contributed by atoms with Crippen LogP contribution in [0, 0.1) is 28.6 Å². The predicted octanol–water partition coefficient (Wildman–Crippen LogP) is 1.14.